The highest BCUT2D eigenvalue weighted by molar-refractivity contribution is 6.35. The molecule has 1 aromatic rings. The van der Waals surface area contributed by atoms with E-state index in [1.807, 2.05) is 6.92 Å². The van der Waals surface area contributed by atoms with Crippen LogP contribution in [0.2, 0.25) is 10.0 Å². The molecule has 1 rings (SSSR count). The summed E-state index contributed by atoms with van der Waals surface area (Å²) >= 11 is 11.6. The second-order valence-corrected chi connectivity index (χ2v) is 4.36. The van der Waals surface area contributed by atoms with E-state index in [-0.39, 0.29) is 0 Å². The molecule has 0 amide bonds. The molecule has 0 radical (unpaired) electrons. The molecule has 0 spiro atoms. The van der Waals surface area contributed by atoms with E-state index in [2.05, 4.69) is 5.32 Å². The smallest absolute Gasteiger partial charge is 0.308 e. The average Bonchev–Trinajstić information content (AvgIpc) is 2.16. The number of carboxylic acids is 1. The topological polar surface area (TPSA) is 49.3 Å². The zero-order chi connectivity index (χ0) is 12.1. The number of nitrogens with one attached hydrogen (secondary N) is 1. The molecule has 16 heavy (non-hydrogen) atoms. The zero-order valence-electron chi connectivity index (χ0n) is 8.84. The minimum absolute atomic E-state index is 0.364. The summed E-state index contributed by atoms with van der Waals surface area (Å²) in [5, 5.41) is 12.9. The van der Waals surface area contributed by atoms with Crippen molar-refractivity contribution in [1.29, 1.82) is 0 Å². The molecule has 1 atom stereocenters. The Hall–Kier alpha value is -0.930. The van der Waals surface area contributed by atoms with Gasteiger partial charge in [-0.3, -0.25) is 4.79 Å². The van der Waals surface area contributed by atoms with Crippen molar-refractivity contribution in [1.82, 2.24) is 0 Å². The lowest BCUT2D eigenvalue weighted by molar-refractivity contribution is -0.141. The molecule has 0 heterocycles. The number of anilines is 1. The van der Waals surface area contributed by atoms with Gasteiger partial charge in [0.1, 0.15) is 0 Å². The van der Waals surface area contributed by atoms with Crippen molar-refractivity contribution in [2.45, 2.75) is 13.3 Å². The van der Waals surface area contributed by atoms with E-state index in [9.17, 15) is 4.79 Å². The number of hydrogen-bond acceptors (Lipinski definition) is 2. The van der Waals surface area contributed by atoms with Crippen LogP contribution >= 0.6 is 23.2 Å². The second kappa shape index (κ2) is 5.97. The van der Waals surface area contributed by atoms with Gasteiger partial charge in [-0.2, -0.15) is 0 Å². The molecule has 1 aromatic carbocycles. The molecule has 2 N–H and O–H groups in total. The number of halogens is 2. The van der Waals surface area contributed by atoms with Crippen molar-refractivity contribution in [3.05, 3.63) is 28.2 Å². The summed E-state index contributed by atoms with van der Waals surface area (Å²) in [7, 11) is 0. The van der Waals surface area contributed by atoms with Gasteiger partial charge in [0, 0.05) is 22.3 Å². The van der Waals surface area contributed by atoms with Crippen LogP contribution in [0.4, 0.5) is 5.69 Å². The predicted molar refractivity (Wildman–Crippen MR) is 66.4 cm³/mol. The Morgan fingerprint density at radius 3 is 2.38 bits per heavy atom. The van der Waals surface area contributed by atoms with E-state index < -0.39 is 11.9 Å². The monoisotopic (exact) mass is 261 g/mol. The van der Waals surface area contributed by atoms with Gasteiger partial charge in [0.2, 0.25) is 0 Å². The normalized spacial score (nSPS) is 12.2. The van der Waals surface area contributed by atoms with Gasteiger partial charge in [-0.25, -0.2) is 0 Å². The second-order valence-electron chi connectivity index (χ2n) is 3.48. The fraction of sp³-hybridized carbons (Fsp3) is 0.364. The molecule has 0 saturated carbocycles. The van der Waals surface area contributed by atoms with Crippen LogP contribution in [0.5, 0.6) is 0 Å². The van der Waals surface area contributed by atoms with Crippen LogP contribution in [0.25, 0.3) is 0 Å². The molecule has 0 saturated heterocycles. The van der Waals surface area contributed by atoms with E-state index in [0.717, 1.165) is 5.69 Å². The lowest BCUT2D eigenvalue weighted by Crippen LogP contribution is -2.22. The summed E-state index contributed by atoms with van der Waals surface area (Å²) in [6.07, 6.45) is 0.580. The lowest BCUT2D eigenvalue weighted by atomic mass is 10.1. The standard InChI is InChI=1S/C11H13Cl2NO2/c1-2-7(11(15)16)6-14-10-4-8(12)3-9(13)5-10/h3-5,7,14H,2,6H2,1H3,(H,15,16). The Kier molecular flexibility index (Phi) is 4.90. The Morgan fingerprint density at radius 1 is 1.38 bits per heavy atom. The average molecular weight is 262 g/mol. The maximum atomic E-state index is 10.8. The van der Waals surface area contributed by atoms with Crippen molar-refractivity contribution in [2.24, 2.45) is 5.92 Å². The molecule has 0 aliphatic rings. The Balaban J connectivity index is 2.63. The Morgan fingerprint density at radius 2 is 1.94 bits per heavy atom. The van der Waals surface area contributed by atoms with Crippen LogP contribution in [-0.4, -0.2) is 17.6 Å². The van der Waals surface area contributed by atoms with Gasteiger partial charge in [0.05, 0.1) is 5.92 Å². The molecule has 5 heteroatoms. The van der Waals surface area contributed by atoms with Crippen LogP contribution in [0.15, 0.2) is 18.2 Å². The summed E-state index contributed by atoms with van der Waals surface area (Å²) in [6.45, 7) is 2.20. The molecule has 1 unspecified atom stereocenters. The van der Waals surface area contributed by atoms with Gasteiger partial charge >= 0.3 is 5.97 Å². The first-order valence-corrected chi connectivity index (χ1v) is 5.71. The van der Waals surface area contributed by atoms with E-state index in [1.54, 1.807) is 18.2 Å². The minimum Gasteiger partial charge on any atom is -0.481 e. The van der Waals surface area contributed by atoms with E-state index in [4.69, 9.17) is 28.3 Å². The zero-order valence-corrected chi connectivity index (χ0v) is 10.3. The fourth-order valence-electron chi connectivity index (χ4n) is 1.30. The molecule has 0 aliphatic carbocycles. The molecule has 3 nitrogen and oxygen atoms in total. The number of carbonyl (C=O) groups is 1. The molecule has 0 bridgehead atoms. The van der Waals surface area contributed by atoms with Crippen molar-refractivity contribution in [3.63, 3.8) is 0 Å². The highest BCUT2D eigenvalue weighted by Crippen LogP contribution is 2.22. The van der Waals surface area contributed by atoms with Gasteiger partial charge < -0.3 is 10.4 Å². The number of carboxylic acid groups (broad SMARTS) is 1. The first kappa shape index (κ1) is 13.1. The number of hydrogen-bond donors (Lipinski definition) is 2. The molecular weight excluding hydrogens is 249 g/mol. The fourth-order valence-corrected chi connectivity index (χ4v) is 1.83. The summed E-state index contributed by atoms with van der Waals surface area (Å²) in [4.78, 5) is 10.8. The number of benzene rings is 1. The van der Waals surface area contributed by atoms with E-state index >= 15 is 0 Å². The molecule has 0 fully saturated rings. The third kappa shape index (κ3) is 3.91. The quantitative estimate of drug-likeness (QED) is 0.853. The van der Waals surface area contributed by atoms with Crippen molar-refractivity contribution < 1.29 is 9.90 Å². The summed E-state index contributed by atoms with van der Waals surface area (Å²) in [5.41, 5.74) is 0.734. The third-order valence-electron chi connectivity index (χ3n) is 2.26. The molecular formula is C11H13Cl2NO2. The van der Waals surface area contributed by atoms with Gasteiger partial charge in [0.25, 0.3) is 0 Å². The predicted octanol–water partition coefficient (Wildman–Crippen LogP) is 3.52. The van der Waals surface area contributed by atoms with Crippen LogP contribution in [0.3, 0.4) is 0 Å². The van der Waals surface area contributed by atoms with Crippen molar-refractivity contribution >= 4 is 34.9 Å². The largest absolute Gasteiger partial charge is 0.481 e. The van der Waals surface area contributed by atoms with Gasteiger partial charge in [0.15, 0.2) is 0 Å². The van der Waals surface area contributed by atoms with Gasteiger partial charge in [-0.1, -0.05) is 30.1 Å². The first-order valence-electron chi connectivity index (χ1n) is 4.95. The summed E-state index contributed by atoms with van der Waals surface area (Å²) in [6, 6.07) is 5.05. The van der Waals surface area contributed by atoms with Crippen molar-refractivity contribution in [2.75, 3.05) is 11.9 Å². The minimum atomic E-state index is -0.803. The van der Waals surface area contributed by atoms with Crippen LogP contribution in [-0.2, 0) is 4.79 Å². The van der Waals surface area contributed by atoms with Crippen molar-refractivity contribution in [3.8, 4) is 0 Å². The first-order chi connectivity index (χ1) is 7.52. The lowest BCUT2D eigenvalue weighted by Gasteiger charge is -2.12. The van der Waals surface area contributed by atoms with Gasteiger partial charge in [-0.05, 0) is 24.6 Å². The maximum Gasteiger partial charge on any atom is 0.308 e. The van der Waals surface area contributed by atoms with Gasteiger partial charge in [-0.15, -0.1) is 0 Å². The Bertz CT molecular complexity index is 362. The molecule has 0 aromatic heterocycles. The number of aliphatic carboxylic acids is 1. The molecule has 0 aliphatic heterocycles. The highest BCUT2D eigenvalue weighted by Gasteiger charge is 2.14. The van der Waals surface area contributed by atoms with Crippen LogP contribution in [0.1, 0.15) is 13.3 Å². The van der Waals surface area contributed by atoms with Crippen LogP contribution < -0.4 is 5.32 Å². The summed E-state index contributed by atoms with van der Waals surface area (Å²) in [5.74, 6) is -1.21. The SMILES string of the molecule is CCC(CNc1cc(Cl)cc(Cl)c1)C(=O)O. The van der Waals surface area contributed by atoms with Crippen LogP contribution in [0, 0.1) is 5.92 Å². The highest BCUT2D eigenvalue weighted by atomic mass is 35.5. The molecule has 88 valence electrons. The Labute approximate surface area is 104 Å². The summed E-state index contributed by atoms with van der Waals surface area (Å²) < 4.78 is 0. The maximum absolute atomic E-state index is 10.8. The third-order valence-corrected chi connectivity index (χ3v) is 2.69. The van der Waals surface area contributed by atoms with E-state index in [0.29, 0.717) is 23.0 Å². The van der Waals surface area contributed by atoms with E-state index in [1.165, 1.54) is 0 Å². The number of rotatable bonds is 5.